The van der Waals surface area contributed by atoms with Crippen molar-refractivity contribution in [2.24, 2.45) is 0 Å². The number of ether oxygens (including phenoxy) is 3. The van der Waals surface area contributed by atoms with E-state index < -0.39 is 0 Å². The molecule has 0 aliphatic heterocycles. The predicted octanol–water partition coefficient (Wildman–Crippen LogP) is 3.40. The fourth-order valence-corrected chi connectivity index (χ4v) is 2.30. The second kappa shape index (κ2) is 9.49. The van der Waals surface area contributed by atoms with Gasteiger partial charge in [-0.25, -0.2) is 0 Å². The molecule has 0 unspecified atom stereocenters. The average Bonchev–Trinajstić information content (AvgIpc) is 3.19. The maximum atomic E-state index is 11.8. The van der Waals surface area contributed by atoms with Crippen molar-refractivity contribution in [1.29, 1.82) is 0 Å². The number of methoxy groups -OCH3 is 1. The first-order valence-electron chi connectivity index (χ1n) is 8.49. The van der Waals surface area contributed by atoms with Gasteiger partial charge in [-0.3, -0.25) is 4.79 Å². The molecule has 0 atom stereocenters. The lowest BCUT2D eigenvalue weighted by Gasteiger charge is -2.04. The number of rotatable bonds is 9. The van der Waals surface area contributed by atoms with Crippen LogP contribution in [0.5, 0.6) is 5.75 Å². The molecule has 0 spiro atoms. The Hall–Kier alpha value is -3.19. The molecule has 2 aromatic carbocycles. The molecule has 1 heterocycles. The summed E-state index contributed by atoms with van der Waals surface area (Å²) in [5, 5.41) is 3.82. The van der Waals surface area contributed by atoms with Gasteiger partial charge in [0.15, 0.2) is 6.61 Å². The van der Waals surface area contributed by atoms with E-state index in [1.54, 1.807) is 19.2 Å². The number of carbonyl (C=O) groups excluding carboxylic acids is 1. The molecular formula is C20H20N2O5. The first-order valence-corrected chi connectivity index (χ1v) is 8.49. The molecule has 0 saturated heterocycles. The van der Waals surface area contributed by atoms with Crippen LogP contribution in [0.15, 0.2) is 59.1 Å². The second-order valence-electron chi connectivity index (χ2n) is 5.69. The van der Waals surface area contributed by atoms with E-state index in [1.165, 1.54) is 0 Å². The maximum Gasteiger partial charge on any atom is 0.308 e. The van der Waals surface area contributed by atoms with Crippen LogP contribution in [0.25, 0.3) is 11.5 Å². The van der Waals surface area contributed by atoms with Crippen LogP contribution in [0.2, 0.25) is 0 Å². The minimum atomic E-state index is -0.376. The van der Waals surface area contributed by atoms with Crippen LogP contribution < -0.4 is 4.74 Å². The Morgan fingerprint density at radius 1 is 1.04 bits per heavy atom. The number of hydrogen-bond acceptors (Lipinski definition) is 7. The van der Waals surface area contributed by atoms with Crippen LogP contribution >= 0.6 is 0 Å². The highest BCUT2D eigenvalue weighted by atomic mass is 16.5. The molecule has 0 aliphatic carbocycles. The molecule has 0 amide bonds. The summed E-state index contributed by atoms with van der Waals surface area (Å²) in [7, 11) is 1.60. The van der Waals surface area contributed by atoms with E-state index in [4.69, 9.17) is 18.7 Å². The van der Waals surface area contributed by atoms with E-state index in [1.807, 2.05) is 42.5 Å². The van der Waals surface area contributed by atoms with Crippen LogP contribution in [-0.2, 0) is 27.5 Å². The number of nitrogens with zero attached hydrogens (tertiary/aromatic N) is 2. The standard InChI is InChI=1S/C20H20N2O5/c1-24-17-9-7-16(8-10-17)20-21-18(22-27-20)14-26-19(23)11-12-25-13-15-5-3-2-4-6-15/h2-10H,11-14H2,1H3. The fraction of sp³-hybridized carbons (Fsp3) is 0.250. The summed E-state index contributed by atoms with van der Waals surface area (Å²) < 4.78 is 20.9. The highest BCUT2D eigenvalue weighted by Gasteiger charge is 2.11. The van der Waals surface area contributed by atoms with Crippen molar-refractivity contribution in [3.63, 3.8) is 0 Å². The predicted molar refractivity (Wildman–Crippen MR) is 96.8 cm³/mol. The van der Waals surface area contributed by atoms with Gasteiger partial charge in [-0.05, 0) is 29.8 Å². The SMILES string of the molecule is COc1ccc(-c2nc(COC(=O)CCOCc3ccccc3)no2)cc1. The third kappa shape index (κ3) is 5.65. The number of esters is 1. The Morgan fingerprint density at radius 3 is 2.56 bits per heavy atom. The van der Waals surface area contributed by atoms with Crippen molar-refractivity contribution in [2.45, 2.75) is 19.6 Å². The highest BCUT2D eigenvalue weighted by Crippen LogP contribution is 2.20. The molecule has 0 radical (unpaired) electrons. The quantitative estimate of drug-likeness (QED) is 0.423. The minimum Gasteiger partial charge on any atom is -0.497 e. The van der Waals surface area contributed by atoms with Crippen LogP contribution in [0, 0.1) is 0 Å². The lowest BCUT2D eigenvalue weighted by atomic mass is 10.2. The zero-order chi connectivity index (χ0) is 18.9. The Kier molecular flexibility index (Phi) is 6.54. The van der Waals surface area contributed by atoms with Gasteiger partial charge in [0.25, 0.3) is 5.89 Å². The molecule has 0 fully saturated rings. The van der Waals surface area contributed by atoms with Gasteiger partial charge >= 0.3 is 5.97 Å². The maximum absolute atomic E-state index is 11.8. The van der Waals surface area contributed by atoms with Crippen molar-refractivity contribution in [3.05, 3.63) is 66.0 Å². The van der Waals surface area contributed by atoms with E-state index >= 15 is 0 Å². The highest BCUT2D eigenvalue weighted by molar-refractivity contribution is 5.69. The van der Waals surface area contributed by atoms with E-state index in [-0.39, 0.29) is 25.6 Å². The van der Waals surface area contributed by atoms with Crippen molar-refractivity contribution in [2.75, 3.05) is 13.7 Å². The second-order valence-corrected chi connectivity index (χ2v) is 5.69. The third-order valence-electron chi connectivity index (χ3n) is 3.73. The number of aromatic nitrogens is 2. The Balaban J connectivity index is 1.39. The molecule has 7 nitrogen and oxygen atoms in total. The molecule has 0 bridgehead atoms. The molecule has 140 valence electrons. The van der Waals surface area contributed by atoms with Gasteiger partial charge in [0.05, 0.1) is 26.7 Å². The van der Waals surface area contributed by atoms with Crippen molar-refractivity contribution in [3.8, 4) is 17.2 Å². The molecule has 1 aromatic heterocycles. The van der Waals surface area contributed by atoms with Crippen LogP contribution in [0.1, 0.15) is 17.8 Å². The summed E-state index contributed by atoms with van der Waals surface area (Å²) in [5.41, 5.74) is 1.82. The van der Waals surface area contributed by atoms with Crippen LogP contribution in [0.4, 0.5) is 0 Å². The van der Waals surface area contributed by atoms with Gasteiger partial charge in [-0.1, -0.05) is 35.5 Å². The summed E-state index contributed by atoms with van der Waals surface area (Å²) in [5.74, 6) is 1.02. The number of hydrogen-bond donors (Lipinski definition) is 0. The van der Waals surface area contributed by atoms with Crippen molar-refractivity contribution >= 4 is 5.97 Å². The molecule has 0 saturated carbocycles. The van der Waals surface area contributed by atoms with Gasteiger partial charge in [-0.2, -0.15) is 4.98 Å². The van der Waals surface area contributed by atoms with E-state index in [0.29, 0.717) is 18.3 Å². The van der Waals surface area contributed by atoms with E-state index in [2.05, 4.69) is 10.1 Å². The van der Waals surface area contributed by atoms with Gasteiger partial charge in [0.1, 0.15) is 5.75 Å². The van der Waals surface area contributed by atoms with Gasteiger partial charge < -0.3 is 18.7 Å². The summed E-state index contributed by atoms with van der Waals surface area (Å²) in [6.07, 6.45) is 0.163. The molecule has 27 heavy (non-hydrogen) atoms. The van der Waals surface area contributed by atoms with Crippen molar-refractivity contribution < 1.29 is 23.5 Å². The zero-order valence-corrected chi connectivity index (χ0v) is 15.0. The van der Waals surface area contributed by atoms with Gasteiger partial charge in [-0.15, -0.1) is 0 Å². The fourth-order valence-electron chi connectivity index (χ4n) is 2.30. The molecule has 0 N–H and O–H groups in total. The molecule has 0 aliphatic rings. The lowest BCUT2D eigenvalue weighted by Crippen LogP contribution is -2.09. The minimum absolute atomic E-state index is 0.0445. The molecule has 7 heteroatoms. The smallest absolute Gasteiger partial charge is 0.308 e. The topological polar surface area (TPSA) is 83.7 Å². The van der Waals surface area contributed by atoms with E-state index in [0.717, 1.165) is 16.9 Å². The first kappa shape index (κ1) is 18.6. The van der Waals surface area contributed by atoms with E-state index in [9.17, 15) is 4.79 Å². The van der Waals surface area contributed by atoms with Gasteiger partial charge in [0.2, 0.25) is 5.82 Å². The third-order valence-corrected chi connectivity index (χ3v) is 3.73. The van der Waals surface area contributed by atoms with Crippen molar-refractivity contribution in [1.82, 2.24) is 10.1 Å². The average molecular weight is 368 g/mol. The number of carbonyl (C=O) groups is 1. The molecule has 3 rings (SSSR count). The normalized spacial score (nSPS) is 10.6. The van der Waals surface area contributed by atoms with Crippen LogP contribution in [-0.4, -0.2) is 29.8 Å². The molecule has 3 aromatic rings. The summed E-state index contributed by atoms with van der Waals surface area (Å²) in [6.45, 7) is 0.707. The Morgan fingerprint density at radius 2 is 1.81 bits per heavy atom. The number of benzene rings is 2. The Labute approximate surface area is 156 Å². The largest absolute Gasteiger partial charge is 0.497 e. The molecular weight excluding hydrogens is 348 g/mol. The lowest BCUT2D eigenvalue weighted by molar-refractivity contribution is -0.146. The van der Waals surface area contributed by atoms with Gasteiger partial charge in [0, 0.05) is 5.56 Å². The summed E-state index contributed by atoms with van der Waals surface area (Å²) in [6, 6.07) is 17.0. The first-order chi connectivity index (χ1) is 13.2. The summed E-state index contributed by atoms with van der Waals surface area (Å²) in [4.78, 5) is 16.0. The van der Waals surface area contributed by atoms with Crippen LogP contribution in [0.3, 0.4) is 0 Å². The monoisotopic (exact) mass is 368 g/mol. The Bertz CT molecular complexity index is 846. The zero-order valence-electron chi connectivity index (χ0n) is 15.0. The summed E-state index contributed by atoms with van der Waals surface area (Å²) >= 11 is 0.